The van der Waals surface area contributed by atoms with E-state index in [4.69, 9.17) is 4.74 Å². The number of aryl methyl sites for hydroxylation is 1. The Morgan fingerprint density at radius 3 is 2.31 bits per heavy atom. The molecule has 0 aromatic carbocycles. The van der Waals surface area contributed by atoms with Crippen LogP contribution in [0.25, 0.3) is 0 Å². The number of carbonyl (C=O) groups is 2. The number of rotatable bonds is 3. The number of ether oxygens (including phenoxy) is 1. The normalized spacial score (nSPS) is 18.0. The van der Waals surface area contributed by atoms with Gasteiger partial charge in [0.15, 0.2) is 0 Å². The molecule has 8 heteroatoms. The molecule has 2 aromatic heterocycles. The Hall–Kier alpha value is -2.87. The smallest absolute Gasteiger partial charge is 0.257 e. The summed E-state index contributed by atoms with van der Waals surface area (Å²) in [5, 5.41) is 0. The van der Waals surface area contributed by atoms with Gasteiger partial charge in [0.05, 0.1) is 24.5 Å². The number of likely N-dealkylation sites (tertiary alicyclic amines) is 1. The Labute approximate surface area is 169 Å². The number of piperidine rings is 1. The maximum absolute atomic E-state index is 12.7. The minimum atomic E-state index is -0.0323. The summed E-state index contributed by atoms with van der Waals surface area (Å²) in [7, 11) is 0. The Balaban J connectivity index is 1.39. The minimum absolute atomic E-state index is 0.0323. The van der Waals surface area contributed by atoms with Crippen molar-refractivity contribution in [1.82, 2.24) is 24.8 Å². The maximum Gasteiger partial charge on any atom is 0.257 e. The van der Waals surface area contributed by atoms with Crippen LogP contribution in [-0.2, 0) is 4.74 Å². The van der Waals surface area contributed by atoms with Crippen LogP contribution in [0.5, 0.6) is 0 Å². The molecular formula is C21H25N5O3. The van der Waals surface area contributed by atoms with Crippen LogP contribution in [0, 0.1) is 6.92 Å². The third-order valence-electron chi connectivity index (χ3n) is 5.60. The molecule has 4 heterocycles. The van der Waals surface area contributed by atoms with Crippen molar-refractivity contribution in [2.24, 2.45) is 0 Å². The molecule has 29 heavy (non-hydrogen) atoms. The van der Waals surface area contributed by atoms with Crippen LogP contribution in [0.1, 0.15) is 51.0 Å². The Kier molecular flexibility index (Phi) is 5.80. The quantitative estimate of drug-likeness (QED) is 0.786. The van der Waals surface area contributed by atoms with Crippen molar-refractivity contribution in [1.29, 1.82) is 0 Å². The molecule has 2 aliphatic heterocycles. The monoisotopic (exact) mass is 395 g/mol. The average Bonchev–Trinajstić information content (AvgIpc) is 2.79. The Bertz CT molecular complexity index is 875. The van der Waals surface area contributed by atoms with Gasteiger partial charge in [-0.1, -0.05) is 0 Å². The van der Waals surface area contributed by atoms with Crippen LogP contribution >= 0.6 is 0 Å². The second kappa shape index (κ2) is 8.65. The zero-order chi connectivity index (χ0) is 20.2. The molecule has 152 valence electrons. The lowest BCUT2D eigenvalue weighted by Gasteiger charge is -2.31. The van der Waals surface area contributed by atoms with Crippen LogP contribution in [0.15, 0.2) is 30.7 Å². The van der Waals surface area contributed by atoms with Gasteiger partial charge in [-0.05, 0) is 31.9 Å². The number of nitrogens with zero attached hydrogens (tertiary/aromatic N) is 5. The van der Waals surface area contributed by atoms with Gasteiger partial charge in [-0.15, -0.1) is 0 Å². The first-order chi connectivity index (χ1) is 14.1. The third kappa shape index (κ3) is 4.27. The number of aromatic nitrogens is 3. The summed E-state index contributed by atoms with van der Waals surface area (Å²) in [5.41, 5.74) is 1.93. The molecule has 2 saturated heterocycles. The molecule has 4 rings (SSSR count). The van der Waals surface area contributed by atoms with Gasteiger partial charge in [0.25, 0.3) is 11.8 Å². The number of morpholine rings is 1. The van der Waals surface area contributed by atoms with Crippen molar-refractivity contribution < 1.29 is 14.3 Å². The van der Waals surface area contributed by atoms with Crippen LogP contribution < -0.4 is 0 Å². The molecule has 8 nitrogen and oxygen atoms in total. The molecule has 0 atom stereocenters. The van der Waals surface area contributed by atoms with Crippen molar-refractivity contribution in [3.05, 3.63) is 53.4 Å². The average molecular weight is 395 g/mol. The van der Waals surface area contributed by atoms with E-state index < -0.39 is 0 Å². The van der Waals surface area contributed by atoms with E-state index in [1.54, 1.807) is 35.6 Å². The zero-order valence-corrected chi connectivity index (χ0v) is 16.6. The molecule has 2 aromatic rings. The summed E-state index contributed by atoms with van der Waals surface area (Å²) in [6.07, 6.45) is 6.55. The predicted molar refractivity (Wildman–Crippen MR) is 106 cm³/mol. The van der Waals surface area contributed by atoms with Crippen molar-refractivity contribution in [2.75, 3.05) is 39.4 Å². The first-order valence-electron chi connectivity index (χ1n) is 10.0. The number of amides is 2. The van der Waals surface area contributed by atoms with Gasteiger partial charge in [0.1, 0.15) is 5.82 Å². The maximum atomic E-state index is 12.7. The molecule has 0 bridgehead atoms. The second-order valence-electron chi connectivity index (χ2n) is 7.43. The molecule has 2 amide bonds. The van der Waals surface area contributed by atoms with Gasteiger partial charge in [-0.25, -0.2) is 9.97 Å². The summed E-state index contributed by atoms with van der Waals surface area (Å²) in [5.74, 6) is 0.962. The van der Waals surface area contributed by atoms with Gasteiger partial charge in [0.2, 0.25) is 0 Å². The lowest BCUT2D eigenvalue weighted by molar-refractivity contribution is 0.0301. The highest BCUT2D eigenvalue weighted by Gasteiger charge is 2.27. The topological polar surface area (TPSA) is 88.5 Å². The SMILES string of the molecule is Cc1nc(C2CCN(C(=O)c3ccncc3)CC2)ncc1C(=O)N1CCOCC1. The standard InChI is InChI=1S/C21H25N5O3/c1-15-18(21(28)26-10-12-29-13-11-26)14-23-19(24-15)16-4-8-25(9-5-16)20(27)17-2-6-22-7-3-17/h2-3,6-7,14,16H,4-5,8-13H2,1H3. The molecular weight excluding hydrogens is 370 g/mol. The Morgan fingerprint density at radius 2 is 1.66 bits per heavy atom. The second-order valence-corrected chi connectivity index (χ2v) is 7.43. The molecule has 0 radical (unpaired) electrons. The molecule has 0 aliphatic carbocycles. The fraction of sp³-hybridized carbons (Fsp3) is 0.476. The highest BCUT2D eigenvalue weighted by atomic mass is 16.5. The van der Waals surface area contributed by atoms with Crippen molar-refractivity contribution >= 4 is 11.8 Å². The molecule has 2 aliphatic rings. The molecule has 0 N–H and O–H groups in total. The van der Waals surface area contributed by atoms with E-state index in [0.717, 1.165) is 18.7 Å². The lowest BCUT2D eigenvalue weighted by atomic mass is 9.95. The van der Waals surface area contributed by atoms with Gasteiger partial charge < -0.3 is 14.5 Å². The minimum Gasteiger partial charge on any atom is -0.378 e. The number of hydrogen-bond donors (Lipinski definition) is 0. The fourth-order valence-corrected chi connectivity index (χ4v) is 3.85. The van der Waals surface area contributed by atoms with Gasteiger partial charge in [-0.3, -0.25) is 14.6 Å². The van der Waals surface area contributed by atoms with E-state index in [9.17, 15) is 9.59 Å². The van der Waals surface area contributed by atoms with Crippen LogP contribution in [0.2, 0.25) is 0 Å². The highest BCUT2D eigenvalue weighted by molar-refractivity contribution is 5.95. The summed E-state index contributed by atoms with van der Waals surface area (Å²) in [6.45, 7) is 5.54. The van der Waals surface area contributed by atoms with E-state index in [2.05, 4.69) is 15.0 Å². The van der Waals surface area contributed by atoms with Crippen molar-refractivity contribution in [3.8, 4) is 0 Å². The van der Waals surface area contributed by atoms with Gasteiger partial charge >= 0.3 is 0 Å². The largest absolute Gasteiger partial charge is 0.378 e. The first kappa shape index (κ1) is 19.4. The highest BCUT2D eigenvalue weighted by Crippen LogP contribution is 2.27. The first-order valence-corrected chi connectivity index (χ1v) is 10.0. The van der Waals surface area contributed by atoms with Crippen molar-refractivity contribution in [2.45, 2.75) is 25.7 Å². The molecule has 2 fully saturated rings. The number of hydrogen-bond acceptors (Lipinski definition) is 6. The molecule has 0 spiro atoms. The summed E-state index contributed by atoms with van der Waals surface area (Å²) >= 11 is 0. The summed E-state index contributed by atoms with van der Waals surface area (Å²) in [6, 6.07) is 3.48. The summed E-state index contributed by atoms with van der Waals surface area (Å²) in [4.78, 5) is 42.1. The van der Waals surface area contributed by atoms with E-state index in [-0.39, 0.29) is 17.7 Å². The van der Waals surface area contributed by atoms with E-state index in [1.807, 2.05) is 11.8 Å². The van der Waals surface area contributed by atoms with Crippen LogP contribution in [0.3, 0.4) is 0 Å². The fourth-order valence-electron chi connectivity index (χ4n) is 3.85. The number of pyridine rings is 1. The zero-order valence-electron chi connectivity index (χ0n) is 16.6. The van der Waals surface area contributed by atoms with E-state index >= 15 is 0 Å². The summed E-state index contributed by atoms with van der Waals surface area (Å²) < 4.78 is 5.31. The van der Waals surface area contributed by atoms with E-state index in [0.29, 0.717) is 56.2 Å². The number of carbonyl (C=O) groups excluding carboxylic acids is 2. The van der Waals surface area contributed by atoms with Crippen LogP contribution in [-0.4, -0.2) is 76.0 Å². The van der Waals surface area contributed by atoms with Crippen molar-refractivity contribution in [3.63, 3.8) is 0 Å². The van der Waals surface area contributed by atoms with Crippen LogP contribution in [0.4, 0.5) is 0 Å². The lowest BCUT2D eigenvalue weighted by Crippen LogP contribution is -2.41. The van der Waals surface area contributed by atoms with Gasteiger partial charge in [0, 0.05) is 56.3 Å². The third-order valence-corrected chi connectivity index (χ3v) is 5.60. The molecule has 0 unspecified atom stereocenters. The van der Waals surface area contributed by atoms with E-state index in [1.165, 1.54) is 0 Å². The Morgan fingerprint density at radius 1 is 1.00 bits per heavy atom. The van der Waals surface area contributed by atoms with Gasteiger partial charge in [-0.2, -0.15) is 0 Å². The molecule has 0 saturated carbocycles. The predicted octanol–water partition coefficient (Wildman–Crippen LogP) is 1.67.